The molecule has 3 aliphatic rings. The number of amides is 2. The van der Waals surface area contributed by atoms with Gasteiger partial charge in [-0.25, -0.2) is 0 Å². The highest BCUT2D eigenvalue weighted by Gasteiger charge is 2.76. The number of likely N-dealkylation sites (tertiary alicyclic amines) is 1. The lowest BCUT2D eigenvalue weighted by Gasteiger charge is -2.41. The van der Waals surface area contributed by atoms with Crippen LogP contribution in [0.4, 0.5) is 0 Å². The van der Waals surface area contributed by atoms with Gasteiger partial charge in [0.15, 0.2) is 0 Å². The van der Waals surface area contributed by atoms with Crippen LogP contribution in [0.2, 0.25) is 0 Å². The van der Waals surface area contributed by atoms with Gasteiger partial charge in [-0.15, -0.1) is 18.3 Å². The Morgan fingerprint density at radius 2 is 2.06 bits per heavy atom. The number of halogens is 1. The quantitative estimate of drug-likeness (QED) is 0.218. The Kier molecular flexibility index (Phi) is 9.41. The fraction of sp³-hybridized carbons (Fsp3) is 0.808. The average Bonchev–Trinajstić information content (AvgIpc) is 3.39. The van der Waals surface area contributed by atoms with Crippen molar-refractivity contribution in [1.29, 1.82) is 0 Å². The van der Waals surface area contributed by atoms with Crippen molar-refractivity contribution in [2.75, 3.05) is 19.8 Å². The van der Waals surface area contributed by atoms with E-state index in [4.69, 9.17) is 4.74 Å². The third-order valence-electron chi connectivity index (χ3n) is 7.71. The standard InChI is InChI=1S/C26H41BrN2O5S/c1-7-10-16(6)28(11-8-2)24(32)22-26-13-18(27)21(35-26)19(25(33)34-9-3)20(26)23(31)29(22)17(14-30)12-15(4)5/h8,15-22,30H,2,7,9-14H2,1,3-6H3/t16?,17-,18?,19+,20+,21+,22?,26?/m1/s1. The minimum Gasteiger partial charge on any atom is -0.466 e. The lowest BCUT2D eigenvalue weighted by atomic mass is 9.71. The van der Waals surface area contributed by atoms with Crippen LogP contribution in [-0.4, -0.2) is 85.4 Å². The molecule has 3 aliphatic heterocycles. The van der Waals surface area contributed by atoms with Crippen LogP contribution >= 0.6 is 27.7 Å². The third-order valence-corrected chi connectivity index (χ3v) is 10.9. The highest BCUT2D eigenvalue weighted by Crippen LogP contribution is 2.68. The van der Waals surface area contributed by atoms with Gasteiger partial charge in [-0.3, -0.25) is 14.4 Å². The summed E-state index contributed by atoms with van der Waals surface area (Å²) in [7, 11) is 0. The molecule has 0 saturated carbocycles. The summed E-state index contributed by atoms with van der Waals surface area (Å²) in [5.41, 5.74) is 0. The van der Waals surface area contributed by atoms with Crippen LogP contribution in [0.25, 0.3) is 0 Å². The summed E-state index contributed by atoms with van der Waals surface area (Å²) in [5.74, 6) is -1.68. The molecule has 1 spiro atoms. The van der Waals surface area contributed by atoms with Crippen molar-refractivity contribution >= 4 is 45.5 Å². The van der Waals surface area contributed by atoms with E-state index < -0.39 is 28.7 Å². The average molecular weight is 574 g/mol. The molecule has 35 heavy (non-hydrogen) atoms. The number of esters is 1. The van der Waals surface area contributed by atoms with Crippen LogP contribution in [-0.2, 0) is 19.1 Å². The number of alkyl halides is 1. The van der Waals surface area contributed by atoms with Gasteiger partial charge in [-0.1, -0.05) is 49.2 Å². The van der Waals surface area contributed by atoms with Gasteiger partial charge >= 0.3 is 5.97 Å². The van der Waals surface area contributed by atoms with Crippen LogP contribution in [0.5, 0.6) is 0 Å². The van der Waals surface area contributed by atoms with Crippen LogP contribution in [0.3, 0.4) is 0 Å². The predicted molar refractivity (Wildman–Crippen MR) is 142 cm³/mol. The number of aliphatic hydroxyl groups is 1. The van der Waals surface area contributed by atoms with Crippen molar-refractivity contribution in [2.24, 2.45) is 17.8 Å². The number of hydrogen-bond acceptors (Lipinski definition) is 6. The molecular weight excluding hydrogens is 532 g/mol. The largest absolute Gasteiger partial charge is 0.466 e. The van der Waals surface area contributed by atoms with E-state index in [0.29, 0.717) is 19.4 Å². The van der Waals surface area contributed by atoms with E-state index in [0.717, 1.165) is 12.8 Å². The highest BCUT2D eigenvalue weighted by atomic mass is 79.9. The summed E-state index contributed by atoms with van der Waals surface area (Å²) in [6, 6.07) is -1.25. The van der Waals surface area contributed by atoms with Crippen LogP contribution in [0, 0.1) is 17.8 Å². The van der Waals surface area contributed by atoms with Crippen molar-refractivity contribution in [2.45, 2.75) is 93.3 Å². The Labute approximate surface area is 222 Å². The summed E-state index contributed by atoms with van der Waals surface area (Å²) in [5, 5.41) is 10.3. The Balaban J connectivity index is 2.13. The number of ether oxygens (including phenoxy) is 1. The number of rotatable bonds is 12. The highest BCUT2D eigenvalue weighted by molar-refractivity contribution is 9.09. The summed E-state index contributed by atoms with van der Waals surface area (Å²) >= 11 is 5.38. The summed E-state index contributed by atoms with van der Waals surface area (Å²) in [4.78, 5) is 45.2. The monoisotopic (exact) mass is 572 g/mol. The van der Waals surface area contributed by atoms with E-state index in [2.05, 4.69) is 29.4 Å². The Morgan fingerprint density at radius 1 is 1.37 bits per heavy atom. The molecule has 0 aromatic rings. The molecule has 0 aliphatic carbocycles. The zero-order chi connectivity index (χ0) is 26.1. The normalized spacial score (nSPS) is 33.1. The second kappa shape index (κ2) is 11.5. The van der Waals surface area contributed by atoms with E-state index in [1.807, 2.05) is 25.7 Å². The van der Waals surface area contributed by atoms with Crippen molar-refractivity contribution in [3.63, 3.8) is 0 Å². The molecule has 3 rings (SSSR count). The molecular formula is C26H41BrN2O5S. The molecule has 2 bridgehead atoms. The number of carbonyl (C=O) groups is 3. The van der Waals surface area contributed by atoms with Crippen molar-refractivity contribution in [1.82, 2.24) is 9.80 Å². The first-order chi connectivity index (χ1) is 16.6. The Bertz CT molecular complexity index is 826. The van der Waals surface area contributed by atoms with Crippen LogP contribution < -0.4 is 0 Å². The van der Waals surface area contributed by atoms with Crippen LogP contribution in [0.15, 0.2) is 12.7 Å². The molecule has 1 N–H and O–H groups in total. The maximum absolute atomic E-state index is 14.4. The number of aliphatic hydroxyl groups excluding tert-OH is 1. The predicted octanol–water partition coefficient (Wildman–Crippen LogP) is 3.62. The van der Waals surface area contributed by atoms with Gasteiger partial charge in [0.05, 0.1) is 35.8 Å². The Morgan fingerprint density at radius 3 is 2.60 bits per heavy atom. The minimum atomic E-state index is -0.746. The molecule has 0 aromatic carbocycles. The van der Waals surface area contributed by atoms with Gasteiger partial charge in [0, 0.05) is 22.7 Å². The van der Waals surface area contributed by atoms with Gasteiger partial charge in [-0.05, 0) is 39.0 Å². The molecule has 198 valence electrons. The maximum atomic E-state index is 14.4. The molecule has 0 aromatic heterocycles. The summed E-state index contributed by atoms with van der Waals surface area (Å²) < 4.78 is 4.68. The molecule has 3 heterocycles. The second-order valence-electron chi connectivity index (χ2n) is 10.5. The fourth-order valence-corrected chi connectivity index (χ4v) is 10.0. The van der Waals surface area contributed by atoms with E-state index in [1.54, 1.807) is 29.7 Å². The minimum absolute atomic E-state index is 0.000184. The third kappa shape index (κ3) is 4.93. The first-order valence-corrected chi connectivity index (χ1v) is 14.7. The van der Waals surface area contributed by atoms with Gasteiger partial charge in [-0.2, -0.15) is 0 Å². The van der Waals surface area contributed by atoms with Gasteiger partial charge in [0.25, 0.3) is 0 Å². The van der Waals surface area contributed by atoms with Gasteiger partial charge in [0.2, 0.25) is 11.8 Å². The fourth-order valence-electron chi connectivity index (χ4n) is 6.43. The first kappa shape index (κ1) is 28.5. The lowest BCUT2D eigenvalue weighted by Crippen LogP contribution is -2.59. The number of fused-ring (bicyclic) bond motifs is 1. The topological polar surface area (TPSA) is 87.2 Å². The number of hydrogen-bond donors (Lipinski definition) is 1. The SMILES string of the molecule is C=CCN(C(=O)C1N([C@@H](CO)CC(C)C)C(=O)[C@@H]2[C@H](C(=O)OCC)[C@H]3SC12CC3Br)C(C)CCC. The van der Waals surface area contributed by atoms with Crippen molar-refractivity contribution in [3.8, 4) is 0 Å². The molecule has 9 heteroatoms. The zero-order valence-corrected chi connectivity index (χ0v) is 24.0. The molecule has 4 unspecified atom stereocenters. The number of thioether (sulfide) groups is 1. The lowest BCUT2D eigenvalue weighted by molar-refractivity contribution is -0.154. The van der Waals surface area contributed by atoms with Crippen molar-refractivity contribution in [3.05, 3.63) is 12.7 Å². The number of carbonyl (C=O) groups excluding carboxylic acids is 3. The Hall–Kier alpha value is -1.06. The molecule has 3 saturated heterocycles. The molecule has 7 nitrogen and oxygen atoms in total. The summed E-state index contributed by atoms with van der Waals surface area (Å²) in [6.07, 6.45) is 4.70. The maximum Gasteiger partial charge on any atom is 0.310 e. The number of nitrogens with zero attached hydrogens (tertiary/aromatic N) is 2. The zero-order valence-electron chi connectivity index (χ0n) is 21.6. The molecule has 3 fully saturated rings. The summed E-state index contributed by atoms with van der Waals surface area (Å²) in [6.45, 7) is 14.3. The molecule has 0 radical (unpaired) electrons. The first-order valence-electron chi connectivity index (χ1n) is 12.9. The van der Waals surface area contributed by atoms with E-state index in [9.17, 15) is 19.5 Å². The smallest absolute Gasteiger partial charge is 0.310 e. The molecule has 8 atom stereocenters. The second-order valence-corrected chi connectivity index (χ2v) is 13.3. The van der Waals surface area contributed by atoms with E-state index in [-0.39, 0.29) is 53.0 Å². The molecule has 2 amide bonds. The van der Waals surface area contributed by atoms with Crippen LogP contribution in [0.1, 0.15) is 60.3 Å². The van der Waals surface area contributed by atoms with E-state index >= 15 is 0 Å². The van der Waals surface area contributed by atoms with Gasteiger partial charge in [0.1, 0.15) is 6.04 Å². The van der Waals surface area contributed by atoms with Gasteiger partial charge < -0.3 is 19.6 Å². The van der Waals surface area contributed by atoms with Crippen molar-refractivity contribution < 1.29 is 24.2 Å². The van der Waals surface area contributed by atoms with E-state index in [1.165, 1.54) is 0 Å².